The topological polar surface area (TPSA) is 130 Å². The van der Waals surface area contributed by atoms with Gasteiger partial charge in [0.1, 0.15) is 11.6 Å². The van der Waals surface area contributed by atoms with E-state index in [1.807, 2.05) is 0 Å². The number of nitrogens with zero attached hydrogens (tertiary/aromatic N) is 2. The number of nitrogen functional groups attached to an aromatic ring is 3. The van der Waals surface area contributed by atoms with Crippen LogP contribution in [0.4, 0.5) is 17.3 Å². The molecule has 0 fully saturated rings. The Kier molecular flexibility index (Phi) is 4.49. The van der Waals surface area contributed by atoms with Gasteiger partial charge in [0.2, 0.25) is 0 Å². The van der Waals surface area contributed by atoms with Crippen molar-refractivity contribution in [1.29, 1.82) is 0 Å². The van der Waals surface area contributed by atoms with Crippen LogP contribution in [0.3, 0.4) is 0 Å². The maximum atomic E-state index is 11.7. The zero-order valence-electron chi connectivity index (χ0n) is 11.4. The lowest BCUT2D eigenvalue weighted by atomic mass is 10.2. The first-order chi connectivity index (χ1) is 9.99. The summed E-state index contributed by atoms with van der Waals surface area (Å²) in [5, 5.41) is 0.361. The van der Waals surface area contributed by atoms with Crippen molar-refractivity contribution in [2.45, 2.75) is 17.0 Å². The standard InChI is InChI=1S/C13H15N5O2S/c1-2-20-12(19)7-3-4-8(14)9(5-7)21-13-17-10(15)6-11(16)18-13/h3-6H,2,14H2,1H3,(H4,15,16,17,18). The lowest BCUT2D eigenvalue weighted by Crippen LogP contribution is -2.05. The second-order valence-electron chi connectivity index (χ2n) is 4.08. The molecule has 0 aliphatic heterocycles. The number of anilines is 3. The predicted molar refractivity (Wildman–Crippen MR) is 81.8 cm³/mol. The average Bonchev–Trinajstić information content (AvgIpc) is 2.40. The summed E-state index contributed by atoms with van der Waals surface area (Å²) in [6.45, 7) is 2.05. The largest absolute Gasteiger partial charge is 0.462 e. The zero-order valence-corrected chi connectivity index (χ0v) is 12.2. The molecule has 0 amide bonds. The van der Waals surface area contributed by atoms with Gasteiger partial charge in [-0.1, -0.05) is 0 Å². The van der Waals surface area contributed by atoms with Crippen molar-refractivity contribution in [3.63, 3.8) is 0 Å². The third-order valence-corrected chi connectivity index (χ3v) is 3.41. The molecule has 0 saturated heterocycles. The van der Waals surface area contributed by atoms with E-state index in [9.17, 15) is 4.79 Å². The van der Waals surface area contributed by atoms with Gasteiger partial charge >= 0.3 is 5.97 Å². The molecule has 7 nitrogen and oxygen atoms in total. The highest BCUT2D eigenvalue weighted by molar-refractivity contribution is 7.99. The van der Waals surface area contributed by atoms with Gasteiger partial charge in [0.25, 0.3) is 0 Å². The Morgan fingerprint density at radius 3 is 2.48 bits per heavy atom. The molecule has 1 aromatic heterocycles. The van der Waals surface area contributed by atoms with Gasteiger partial charge < -0.3 is 21.9 Å². The van der Waals surface area contributed by atoms with Crippen LogP contribution in [-0.4, -0.2) is 22.5 Å². The Balaban J connectivity index is 2.30. The molecule has 8 heteroatoms. The van der Waals surface area contributed by atoms with Crippen molar-refractivity contribution in [3.8, 4) is 0 Å². The lowest BCUT2D eigenvalue weighted by molar-refractivity contribution is 0.0526. The normalized spacial score (nSPS) is 10.3. The smallest absolute Gasteiger partial charge is 0.338 e. The summed E-state index contributed by atoms with van der Waals surface area (Å²) in [5.41, 5.74) is 18.0. The highest BCUT2D eigenvalue weighted by Gasteiger charge is 2.12. The van der Waals surface area contributed by atoms with E-state index in [0.717, 1.165) is 0 Å². The molecule has 0 unspecified atom stereocenters. The molecule has 0 atom stereocenters. The number of hydrogen-bond acceptors (Lipinski definition) is 8. The fourth-order valence-corrected chi connectivity index (χ4v) is 2.44. The molecule has 1 heterocycles. The highest BCUT2D eigenvalue weighted by Crippen LogP contribution is 2.31. The Bertz CT molecular complexity index is 657. The van der Waals surface area contributed by atoms with Crippen LogP contribution in [0.5, 0.6) is 0 Å². The van der Waals surface area contributed by atoms with Crippen molar-refractivity contribution in [2.75, 3.05) is 23.8 Å². The molecular weight excluding hydrogens is 290 g/mol. The number of carbonyl (C=O) groups excluding carboxylic acids is 1. The Morgan fingerprint density at radius 2 is 1.86 bits per heavy atom. The van der Waals surface area contributed by atoms with Crippen LogP contribution in [0.15, 0.2) is 34.3 Å². The van der Waals surface area contributed by atoms with E-state index in [1.54, 1.807) is 25.1 Å². The van der Waals surface area contributed by atoms with Gasteiger partial charge in [0.15, 0.2) is 5.16 Å². The quantitative estimate of drug-likeness (QED) is 0.440. The number of ether oxygens (including phenoxy) is 1. The summed E-state index contributed by atoms with van der Waals surface area (Å²) in [5.74, 6) is 0.127. The minimum absolute atomic E-state index is 0.269. The van der Waals surface area contributed by atoms with Crippen LogP contribution in [-0.2, 0) is 4.74 Å². The summed E-state index contributed by atoms with van der Waals surface area (Å²) < 4.78 is 4.95. The predicted octanol–water partition coefficient (Wildman–Crippen LogP) is 1.55. The van der Waals surface area contributed by atoms with Crippen LogP contribution < -0.4 is 17.2 Å². The molecule has 0 aliphatic carbocycles. The second-order valence-corrected chi connectivity index (χ2v) is 5.08. The van der Waals surface area contributed by atoms with E-state index in [1.165, 1.54) is 17.8 Å². The second kappa shape index (κ2) is 6.31. The first kappa shape index (κ1) is 14.9. The highest BCUT2D eigenvalue weighted by atomic mass is 32.2. The minimum Gasteiger partial charge on any atom is -0.462 e. The van der Waals surface area contributed by atoms with Crippen LogP contribution in [0.1, 0.15) is 17.3 Å². The average molecular weight is 305 g/mol. The van der Waals surface area contributed by atoms with E-state index in [2.05, 4.69) is 9.97 Å². The third-order valence-electron chi connectivity index (χ3n) is 2.47. The number of benzene rings is 1. The van der Waals surface area contributed by atoms with Gasteiger partial charge in [-0.15, -0.1) is 0 Å². The SMILES string of the molecule is CCOC(=O)c1ccc(N)c(Sc2nc(N)cc(N)n2)c1. The molecule has 110 valence electrons. The molecule has 0 aliphatic rings. The Morgan fingerprint density at radius 1 is 1.19 bits per heavy atom. The number of rotatable bonds is 4. The van der Waals surface area contributed by atoms with Crippen molar-refractivity contribution in [1.82, 2.24) is 9.97 Å². The number of hydrogen-bond donors (Lipinski definition) is 3. The van der Waals surface area contributed by atoms with E-state index >= 15 is 0 Å². The molecule has 0 saturated carbocycles. The van der Waals surface area contributed by atoms with Crippen molar-refractivity contribution in [2.24, 2.45) is 0 Å². The first-order valence-electron chi connectivity index (χ1n) is 6.14. The van der Waals surface area contributed by atoms with Crippen LogP contribution in [0.25, 0.3) is 0 Å². The number of carbonyl (C=O) groups is 1. The van der Waals surface area contributed by atoms with Gasteiger partial charge in [-0.3, -0.25) is 0 Å². The van der Waals surface area contributed by atoms with Crippen LogP contribution >= 0.6 is 11.8 Å². The van der Waals surface area contributed by atoms with Gasteiger partial charge in [0, 0.05) is 16.6 Å². The molecule has 0 radical (unpaired) electrons. The van der Waals surface area contributed by atoms with Crippen molar-refractivity contribution < 1.29 is 9.53 Å². The summed E-state index contributed by atoms with van der Waals surface area (Å²) in [6.07, 6.45) is 0. The van der Waals surface area contributed by atoms with Crippen LogP contribution in [0.2, 0.25) is 0 Å². The first-order valence-corrected chi connectivity index (χ1v) is 6.95. The van der Waals surface area contributed by atoms with Gasteiger partial charge in [-0.05, 0) is 36.9 Å². The molecule has 21 heavy (non-hydrogen) atoms. The molecular formula is C13H15N5O2S. The summed E-state index contributed by atoms with van der Waals surface area (Å²) in [7, 11) is 0. The number of nitrogens with two attached hydrogens (primary N) is 3. The molecule has 0 bridgehead atoms. The zero-order chi connectivity index (χ0) is 15.4. The summed E-state index contributed by atoms with van der Waals surface area (Å²) in [4.78, 5) is 20.5. The van der Waals surface area contributed by atoms with Gasteiger partial charge in [0.05, 0.1) is 12.2 Å². The van der Waals surface area contributed by atoms with Crippen LogP contribution in [0, 0.1) is 0 Å². The van der Waals surface area contributed by atoms with Crippen molar-refractivity contribution >= 4 is 35.1 Å². The number of esters is 1. The third kappa shape index (κ3) is 3.76. The summed E-state index contributed by atoms with van der Waals surface area (Å²) in [6, 6.07) is 6.32. The molecule has 2 rings (SSSR count). The Labute approximate surface area is 125 Å². The molecule has 1 aromatic carbocycles. The Hall–Kier alpha value is -2.48. The molecule has 6 N–H and O–H groups in total. The fraction of sp³-hybridized carbons (Fsp3) is 0.154. The van der Waals surface area contributed by atoms with E-state index in [-0.39, 0.29) is 11.6 Å². The van der Waals surface area contributed by atoms with E-state index in [4.69, 9.17) is 21.9 Å². The number of aromatic nitrogens is 2. The maximum Gasteiger partial charge on any atom is 0.338 e. The molecule has 2 aromatic rings. The summed E-state index contributed by atoms with van der Waals surface area (Å²) >= 11 is 1.18. The van der Waals surface area contributed by atoms with Gasteiger partial charge in [-0.2, -0.15) is 0 Å². The fourth-order valence-electron chi connectivity index (χ4n) is 1.57. The van der Waals surface area contributed by atoms with Crippen molar-refractivity contribution in [3.05, 3.63) is 29.8 Å². The van der Waals surface area contributed by atoms with E-state index < -0.39 is 5.97 Å². The van der Waals surface area contributed by atoms with E-state index in [0.29, 0.717) is 27.9 Å². The van der Waals surface area contributed by atoms with Gasteiger partial charge in [-0.25, -0.2) is 14.8 Å². The maximum absolute atomic E-state index is 11.7. The lowest BCUT2D eigenvalue weighted by Gasteiger charge is -2.08. The minimum atomic E-state index is -0.410. The molecule has 0 spiro atoms. The monoisotopic (exact) mass is 305 g/mol.